The van der Waals surface area contributed by atoms with Crippen LogP contribution in [0.2, 0.25) is 0 Å². The summed E-state index contributed by atoms with van der Waals surface area (Å²) in [6.45, 7) is 8.40. The third kappa shape index (κ3) is 5.99. The summed E-state index contributed by atoms with van der Waals surface area (Å²) in [6, 6.07) is 7.37. The molecule has 1 aromatic rings. The predicted molar refractivity (Wildman–Crippen MR) is 99.2 cm³/mol. The fourth-order valence-corrected chi connectivity index (χ4v) is 2.31. The third-order valence-electron chi connectivity index (χ3n) is 3.69. The number of allylic oxidation sites excluding steroid dienone is 4. The third-order valence-corrected chi connectivity index (χ3v) is 3.69. The Labute approximate surface area is 138 Å². The maximum atomic E-state index is 10.8. The Hall–Kier alpha value is -2.55. The van der Waals surface area contributed by atoms with Gasteiger partial charge in [-0.3, -0.25) is 9.79 Å². The average Bonchev–Trinajstić information content (AvgIpc) is 2.58. The number of carbonyl (C=O) groups is 1. The van der Waals surface area contributed by atoms with Gasteiger partial charge < -0.3 is 5.41 Å². The number of hydrogen-bond donors (Lipinski definition) is 1. The molecule has 23 heavy (non-hydrogen) atoms. The Morgan fingerprint density at radius 2 is 2.09 bits per heavy atom. The molecule has 0 heterocycles. The van der Waals surface area contributed by atoms with Crippen molar-refractivity contribution in [3.05, 3.63) is 65.8 Å². The number of aliphatic imine (C=N–C) groups is 1. The van der Waals surface area contributed by atoms with Gasteiger partial charge in [0.05, 0.1) is 5.70 Å². The molecule has 1 N–H and O–H groups in total. The van der Waals surface area contributed by atoms with Crippen LogP contribution in [0, 0.1) is 11.3 Å². The zero-order valence-corrected chi connectivity index (χ0v) is 13.8. The molecular weight excluding hydrogens is 284 g/mol. The summed E-state index contributed by atoms with van der Waals surface area (Å²) in [6.07, 6.45) is 11.0. The van der Waals surface area contributed by atoms with E-state index in [1.165, 1.54) is 12.3 Å². The summed E-state index contributed by atoms with van der Waals surface area (Å²) < 4.78 is 0. The molecule has 0 saturated heterocycles. The summed E-state index contributed by atoms with van der Waals surface area (Å²) in [5.74, 6) is 0.494. The van der Waals surface area contributed by atoms with Gasteiger partial charge in [0.2, 0.25) is 0 Å². The van der Waals surface area contributed by atoms with Crippen molar-refractivity contribution in [3.8, 4) is 0 Å². The van der Waals surface area contributed by atoms with Crippen LogP contribution in [0.4, 0.5) is 0 Å². The van der Waals surface area contributed by atoms with Crippen LogP contribution in [-0.4, -0.2) is 18.7 Å². The maximum absolute atomic E-state index is 10.8. The number of rotatable bonds is 9. The van der Waals surface area contributed by atoms with Gasteiger partial charge in [-0.25, -0.2) is 0 Å². The van der Waals surface area contributed by atoms with E-state index in [9.17, 15) is 4.79 Å². The van der Waals surface area contributed by atoms with E-state index >= 15 is 0 Å². The van der Waals surface area contributed by atoms with Crippen LogP contribution in [0.1, 0.15) is 37.8 Å². The summed E-state index contributed by atoms with van der Waals surface area (Å²) in [5.41, 5.74) is 3.24. The van der Waals surface area contributed by atoms with Gasteiger partial charge >= 0.3 is 0 Å². The van der Waals surface area contributed by atoms with Gasteiger partial charge in [0.15, 0.2) is 0 Å². The molecule has 0 saturated carbocycles. The molecule has 0 fully saturated rings. The van der Waals surface area contributed by atoms with Gasteiger partial charge in [0.1, 0.15) is 6.29 Å². The number of hydrogen-bond acceptors (Lipinski definition) is 3. The quantitative estimate of drug-likeness (QED) is 0.302. The second-order valence-electron chi connectivity index (χ2n) is 5.18. The van der Waals surface area contributed by atoms with Gasteiger partial charge in [0, 0.05) is 24.1 Å². The van der Waals surface area contributed by atoms with E-state index < -0.39 is 0 Å². The molecule has 0 aliphatic rings. The molecule has 3 heteroatoms. The zero-order valence-electron chi connectivity index (χ0n) is 13.8. The Bertz CT molecular complexity index is 635. The van der Waals surface area contributed by atoms with Gasteiger partial charge in [-0.2, -0.15) is 0 Å². The summed E-state index contributed by atoms with van der Waals surface area (Å²) in [5, 5.41) is 7.30. The molecular formula is C20H24N2O. The molecule has 1 rings (SSSR count). The zero-order chi connectivity index (χ0) is 17.1. The summed E-state index contributed by atoms with van der Waals surface area (Å²) >= 11 is 0. The lowest BCUT2D eigenvalue weighted by molar-refractivity contribution is -0.104. The van der Waals surface area contributed by atoms with E-state index in [1.54, 1.807) is 6.21 Å². The standard InChI is InChI=1S/C20H24N2O/c1-4-18(5-2)16(3)8-7-12-22-20(11-13-23)19-10-6-9-17(14-19)15-21/h6-15,18,21H,3-5H2,1-2H3/b8-7-,20-11-,21-15?,22-12-. The van der Waals surface area contributed by atoms with Gasteiger partial charge in [0.25, 0.3) is 0 Å². The molecule has 120 valence electrons. The largest absolute Gasteiger partial charge is 0.308 e. The molecule has 0 amide bonds. The predicted octanol–water partition coefficient (Wildman–Crippen LogP) is 4.84. The highest BCUT2D eigenvalue weighted by Crippen LogP contribution is 2.18. The number of benzene rings is 1. The molecule has 0 aliphatic heterocycles. The van der Waals surface area contributed by atoms with Gasteiger partial charge in [-0.1, -0.05) is 50.3 Å². The van der Waals surface area contributed by atoms with E-state index in [2.05, 4.69) is 25.4 Å². The molecule has 3 nitrogen and oxygen atoms in total. The van der Waals surface area contributed by atoms with Crippen LogP contribution < -0.4 is 0 Å². The maximum Gasteiger partial charge on any atom is 0.145 e. The highest BCUT2D eigenvalue weighted by atomic mass is 16.1. The molecule has 0 bridgehead atoms. The van der Waals surface area contributed by atoms with Crippen molar-refractivity contribution in [2.24, 2.45) is 10.9 Å². The fraction of sp³-hybridized carbons (Fsp3) is 0.250. The molecule has 0 radical (unpaired) electrons. The van der Waals surface area contributed by atoms with Crippen LogP contribution >= 0.6 is 0 Å². The van der Waals surface area contributed by atoms with E-state index in [-0.39, 0.29) is 0 Å². The minimum Gasteiger partial charge on any atom is -0.308 e. The minimum absolute atomic E-state index is 0.494. The van der Waals surface area contributed by atoms with E-state index in [0.717, 1.165) is 35.8 Å². The van der Waals surface area contributed by atoms with Crippen molar-refractivity contribution < 1.29 is 4.79 Å². The number of carbonyl (C=O) groups excluding carboxylic acids is 1. The summed E-state index contributed by atoms with van der Waals surface area (Å²) in [7, 11) is 0. The molecule has 0 unspecified atom stereocenters. The number of aldehydes is 1. The first-order chi connectivity index (χ1) is 11.2. The number of nitrogens with zero attached hydrogens (tertiary/aromatic N) is 1. The van der Waals surface area contributed by atoms with Crippen molar-refractivity contribution in [2.45, 2.75) is 26.7 Å². The minimum atomic E-state index is 0.494. The molecule has 0 atom stereocenters. The van der Waals surface area contributed by atoms with Gasteiger partial charge in [-0.05, 0) is 36.5 Å². The lowest BCUT2D eigenvalue weighted by Crippen LogP contribution is -1.97. The van der Waals surface area contributed by atoms with E-state index in [4.69, 9.17) is 5.41 Å². The smallest absolute Gasteiger partial charge is 0.145 e. The molecule has 0 aliphatic carbocycles. The first-order valence-electron chi connectivity index (χ1n) is 7.82. The SMILES string of the molecule is C=C(\C=C/C=N\C(=C/C=O)c1cccc(C=N)c1)C(CC)CC. The van der Waals surface area contributed by atoms with E-state index in [1.807, 2.05) is 36.4 Å². The van der Waals surface area contributed by atoms with Crippen LogP contribution in [0.15, 0.2) is 59.6 Å². The lowest BCUT2D eigenvalue weighted by atomic mass is 9.95. The van der Waals surface area contributed by atoms with Crippen molar-refractivity contribution in [3.63, 3.8) is 0 Å². The van der Waals surface area contributed by atoms with Crippen LogP contribution in [0.3, 0.4) is 0 Å². The second kappa shape index (κ2) is 10.2. The topological polar surface area (TPSA) is 53.3 Å². The van der Waals surface area contributed by atoms with Crippen molar-refractivity contribution in [1.82, 2.24) is 0 Å². The highest BCUT2D eigenvalue weighted by molar-refractivity contribution is 5.88. The van der Waals surface area contributed by atoms with Crippen LogP contribution in [0.5, 0.6) is 0 Å². The van der Waals surface area contributed by atoms with Crippen molar-refractivity contribution >= 4 is 24.4 Å². The number of nitrogens with one attached hydrogen (secondary N) is 1. The fourth-order valence-electron chi connectivity index (χ4n) is 2.31. The van der Waals surface area contributed by atoms with Crippen LogP contribution in [-0.2, 0) is 4.79 Å². The first-order valence-corrected chi connectivity index (χ1v) is 7.82. The monoisotopic (exact) mass is 308 g/mol. The normalized spacial score (nSPS) is 12.2. The summed E-state index contributed by atoms with van der Waals surface area (Å²) in [4.78, 5) is 15.2. The molecule has 1 aromatic carbocycles. The Kier molecular flexibility index (Phi) is 8.22. The Morgan fingerprint density at radius 3 is 2.70 bits per heavy atom. The Balaban J connectivity index is 2.88. The molecule has 0 spiro atoms. The average molecular weight is 308 g/mol. The van der Waals surface area contributed by atoms with Crippen molar-refractivity contribution in [2.75, 3.05) is 0 Å². The van der Waals surface area contributed by atoms with Crippen LogP contribution in [0.25, 0.3) is 5.70 Å². The first kappa shape index (κ1) is 18.5. The van der Waals surface area contributed by atoms with E-state index in [0.29, 0.717) is 11.6 Å². The Morgan fingerprint density at radius 1 is 1.35 bits per heavy atom. The highest BCUT2D eigenvalue weighted by Gasteiger charge is 2.04. The molecule has 0 aromatic heterocycles. The second-order valence-corrected chi connectivity index (χ2v) is 5.18. The van der Waals surface area contributed by atoms with Gasteiger partial charge in [-0.15, -0.1) is 0 Å². The lowest BCUT2D eigenvalue weighted by Gasteiger charge is -2.11. The van der Waals surface area contributed by atoms with Crippen molar-refractivity contribution in [1.29, 1.82) is 5.41 Å².